The smallest absolute Gasteiger partial charge is 0.271 e. The Morgan fingerprint density at radius 1 is 1.62 bits per heavy atom. The van der Waals surface area contributed by atoms with E-state index in [1.807, 2.05) is 6.92 Å². The number of ether oxygens (including phenoxy) is 1. The highest BCUT2D eigenvalue weighted by molar-refractivity contribution is 5.92. The first-order valence-corrected chi connectivity index (χ1v) is 4.75. The molecule has 0 aliphatic rings. The summed E-state index contributed by atoms with van der Waals surface area (Å²) in [5, 5.41) is 2.71. The molecule has 7 heteroatoms. The van der Waals surface area contributed by atoms with Gasteiger partial charge in [-0.3, -0.25) is 9.78 Å². The predicted molar refractivity (Wildman–Crippen MR) is 58.6 cm³/mol. The zero-order chi connectivity index (χ0) is 12.0. The third-order valence-electron chi connectivity index (χ3n) is 1.81. The van der Waals surface area contributed by atoms with E-state index in [9.17, 15) is 4.79 Å². The van der Waals surface area contributed by atoms with E-state index in [4.69, 9.17) is 10.6 Å². The van der Waals surface area contributed by atoms with Gasteiger partial charge in [0.25, 0.3) is 5.91 Å². The van der Waals surface area contributed by atoms with Crippen molar-refractivity contribution in [1.29, 1.82) is 0 Å². The van der Waals surface area contributed by atoms with E-state index in [1.54, 1.807) is 7.11 Å². The Kier molecular flexibility index (Phi) is 4.62. The standard InChI is InChI=1S/C9H15N5O2/c1-6(5-16-2)12-9(15)7-3-11-4-8(13-7)14-10/h3-4,6H,5,10H2,1-2H3,(H,12,15)(H,13,14). The van der Waals surface area contributed by atoms with E-state index in [1.165, 1.54) is 12.4 Å². The second-order valence-corrected chi connectivity index (χ2v) is 3.26. The van der Waals surface area contributed by atoms with Gasteiger partial charge in [-0.2, -0.15) is 0 Å². The maximum atomic E-state index is 11.7. The van der Waals surface area contributed by atoms with Crippen molar-refractivity contribution >= 4 is 11.7 Å². The number of carbonyl (C=O) groups excluding carboxylic acids is 1. The predicted octanol–water partition coefficient (Wildman–Crippen LogP) is -0.473. The fourth-order valence-corrected chi connectivity index (χ4v) is 1.13. The van der Waals surface area contributed by atoms with Crippen LogP contribution in [-0.4, -0.2) is 35.6 Å². The molecule has 16 heavy (non-hydrogen) atoms. The van der Waals surface area contributed by atoms with Crippen molar-refractivity contribution in [2.75, 3.05) is 19.1 Å². The van der Waals surface area contributed by atoms with Crippen LogP contribution < -0.4 is 16.6 Å². The van der Waals surface area contributed by atoms with E-state index < -0.39 is 0 Å². The molecule has 1 unspecified atom stereocenters. The van der Waals surface area contributed by atoms with Crippen LogP contribution in [0.1, 0.15) is 17.4 Å². The minimum absolute atomic E-state index is 0.0891. The first-order chi connectivity index (χ1) is 7.67. The van der Waals surface area contributed by atoms with Crippen molar-refractivity contribution in [1.82, 2.24) is 15.3 Å². The molecule has 0 aliphatic carbocycles. The first kappa shape index (κ1) is 12.3. The molecule has 0 saturated heterocycles. The number of hydrogen-bond acceptors (Lipinski definition) is 6. The van der Waals surface area contributed by atoms with Gasteiger partial charge < -0.3 is 15.5 Å². The molecule has 1 aromatic heterocycles. The minimum Gasteiger partial charge on any atom is -0.383 e. The number of amides is 1. The molecule has 7 nitrogen and oxygen atoms in total. The monoisotopic (exact) mass is 225 g/mol. The molecule has 4 N–H and O–H groups in total. The zero-order valence-corrected chi connectivity index (χ0v) is 9.23. The van der Waals surface area contributed by atoms with Crippen molar-refractivity contribution in [3.05, 3.63) is 18.1 Å². The number of nitrogens with two attached hydrogens (primary N) is 1. The summed E-state index contributed by atoms with van der Waals surface area (Å²) in [6, 6.07) is -0.0891. The topological polar surface area (TPSA) is 102 Å². The molecule has 88 valence electrons. The lowest BCUT2D eigenvalue weighted by atomic mass is 10.3. The fourth-order valence-electron chi connectivity index (χ4n) is 1.13. The van der Waals surface area contributed by atoms with Crippen LogP contribution in [0.2, 0.25) is 0 Å². The van der Waals surface area contributed by atoms with Crippen LogP contribution in [0.25, 0.3) is 0 Å². The van der Waals surface area contributed by atoms with Crippen molar-refractivity contribution in [2.24, 2.45) is 5.84 Å². The summed E-state index contributed by atoms with van der Waals surface area (Å²) in [4.78, 5) is 19.4. The molecule has 0 aromatic carbocycles. The van der Waals surface area contributed by atoms with Gasteiger partial charge in [0.15, 0.2) is 5.82 Å². The highest BCUT2D eigenvalue weighted by Crippen LogP contribution is 2.00. The second-order valence-electron chi connectivity index (χ2n) is 3.26. The number of methoxy groups -OCH3 is 1. The van der Waals surface area contributed by atoms with Crippen LogP contribution in [-0.2, 0) is 4.74 Å². The van der Waals surface area contributed by atoms with Gasteiger partial charge in [0.1, 0.15) is 5.69 Å². The van der Waals surface area contributed by atoms with Gasteiger partial charge >= 0.3 is 0 Å². The third-order valence-corrected chi connectivity index (χ3v) is 1.81. The molecule has 1 rings (SSSR count). The quantitative estimate of drug-likeness (QED) is 0.462. The highest BCUT2D eigenvalue weighted by atomic mass is 16.5. The number of nitrogens with zero attached hydrogens (tertiary/aromatic N) is 2. The summed E-state index contributed by atoms with van der Waals surface area (Å²) in [6.07, 6.45) is 2.80. The van der Waals surface area contributed by atoms with Gasteiger partial charge in [0.05, 0.1) is 19.0 Å². The number of rotatable bonds is 5. The number of nitrogen functional groups attached to an aromatic ring is 1. The molecule has 0 fully saturated rings. The van der Waals surface area contributed by atoms with Crippen molar-refractivity contribution in [3.63, 3.8) is 0 Å². The minimum atomic E-state index is -0.311. The van der Waals surface area contributed by atoms with Gasteiger partial charge in [0.2, 0.25) is 0 Å². The summed E-state index contributed by atoms with van der Waals surface area (Å²) in [6.45, 7) is 2.27. The molecule has 1 amide bonds. The number of aromatic nitrogens is 2. The molecule has 0 bridgehead atoms. The summed E-state index contributed by atoms with van der Waals surface area (Å²) < 4.78 is 4.90. The van der Waals surface area contributed by atoms with Gasteiger partial charge in [-0.1, -0.05) is 0 Å². The van der Waals surface area contributed by atoms with Crippen molar-refractivity contribution in [2.45, 2.75) is 13.0 Å². The molecule has 0 aliphatic heterocycles. The van der Waals surface area contributed by atoms with Gasteiger partial charge in [-0.25, -0.2) is 10.8 Å². The number of hydrogen-bond donors (Lipinski definition) is 3. The number of anilines is 1. The molecule has 0 spiro atoms. The average molecular weight is 225 g/mol. The Morgan fingerprint density at radius 3 is 3.00 bits per heavy atom. The van der Waals surface area contributed by atoms with Crippen LogP contribution in [0, 0.1) is 0 Å². The zero-order valence-electron chi connectivity index (χ0n) is 9.23. The number of hydrazine groups is 1. The number of nitrogens with one attached hydrogen (secondary N) is 2. The fraction of sp³-hybridized carbons (Fsp3) is 0.444. The summed E-state index contributed by atoms with van der Waals surface area (Å²) in [5.74, 6) is 5.19. The second kappa shape index (κ2) is 5.99. The molecule has 0 saturated carbocycles. The Hall–Kier alpha value is -1.73. The SMILES string of the molecule is COCC(C)NC(=O)c1cncc(NN)n1. The summed E-state index contributed by atoms with van der Waals surface area (Å²) in [5.41, 5.74) is 2.53. The van der Waals surface area contributed by atoms with Crippen molar-refractivity contribution < 1.29 is 9.53 Å². The lowest BCUT2D eigenvalue weighted by Crippen LogP contribution is -2.36. The Balaban J connectivity index is 2.65. The van der Waals surface area contributed by atoms with E-state index in [-0.39, 0.29) is 17.6 Å². The van der Waals surface area contributed by atoms with E-state index in [2.05, 4.69) is 20.7 Å². The Morgan fingerprint density at radius 2 is 2.38 bits per heavy atom. The lowest BCUT2D eigenvalue weighted by molar-refractivity contribution is 0.0900. The Bertz CT molecular complexity index is 358. The third kappa shape index (κ3) is 3.44. The van der Waals surface area contributed by atoms with Crippen molar-refractivity contribution in [3.8, 4) is 0 Å². The van der Waals surface area contributed by atoms with E-state index in [0.29, 0.717) is 12.4 Å². The maximum Gasteiger partial charge on any atom is 0.271 e. The van der Waals surface area contributed by atoms with Gasteiger partial charge in [-0.15, -0.1) is 0 Å². The molecule has 1 heterocycles. The van der Waals surface area contributed by atoms with Gasteiger partial charge in [0, 0.05) is 13.2 Å². The first-order valence-electron chi connectivity index (χ1n) is 4.75. The average Bonchev–Trinajstić information content (AvgIpc) is 2.29. The Labute approximate surface area is 93.4 Å². The highest BCUT2D eigenvalue weighted by Gasteiger charge is 2.11. The molecular weight excluding hydrogens is 210 g/mol. The normalized spacial score (nSPS) is 11.9. The van der Waals surface area contributed by atoms with E-state index in [0.717, 1.165) is 0 Å². The molecular formula is C9H15N5O2. The molecule has 0 radical (unpaired) electrons. The van der Waals surface area contributed by atoms with E-state index >= 15 is 0 Å². The molecule has 1 atom stereocenters. The lowest BCUT2D eigenvalue weighted by Gasteiger charge is -2.12. The van der Waals surface area contributed by atoms with Crippen LogP contribution in [0.4, 0.5) is 5.82 Å². The van der Waals surface area contributed by atoms with Gasteiger partial charge in [-0.05, 0) is 6.92 Å². The molecule has 1 aromatic rings. The van der Waals surface area contributed by atoms with Crippen LogP contribution in [0.3, 0.4) is 0 Å². The number of carbonyl (C=O) groups is 1. The van der Waals surface area contributed by atoms with Crippen LogP contribution >= 0.6 is 0 Å². The van der Waals surface area contributed by atoms with Crippen LogP contribution in [0.5, 0.6) is 0 Å². The summed E-state index contributed by atoms with van der Waals surface area (Å²) >= 11 is 0. The summed E-state index contributed by atoms with van der Waals surface area (Å²) in [7, 11) is 1.57. The van der Waals surface area contributed by atoms with Crippen LogP contribution in [0.15, 0.2) is 12.4 Å². The maximum absolute atomic E-state index is 11.7. The largest absolute Gasteiger partial charge is 0.383 e.